The van der Waals surface area contributed by atoms with Crippen molar-refractivity contribution in [3.63, 3.8) is 0 Å². The van der Waals surface area contributed by atoms with Gasteiger partial charge < -0.3 is 11.1 Å². The van der Waals surface area contributed by atoms with Gasteiger partial charge >= 0.3 is 0 Å². The van der Waals surface area contributed by atoms with Crippen molar-refractivity contribution < 1.29 is 4.79 Å². The van der Waals surface area contributed by atoms with Crippen LogP contribution in [0.25, 0.3) is 0 Å². The summed E-state index contributed by atoms with van der Waals surface area (Å²) in [5.74, 6) is 2.59. The topological polar surface area (TPSA) is 55.1 Å². The van der Waals surface area contributed by atoms with Crippen molar-refractivity contribution >= 4 is 17.2 Å². The second-order valence-corrected chi connectivity index (χ2v) is 8.21. The van der Waals surface area contributed by atoms with Gasteiger partial charge in [-0.1, -0.05) is 0 Å². The van der Waals surface area contributed by atoms with Crippen LogP contribution in [0.15, 0.2) is 11.4 Å². The van der Waals surface area contributed by atoms with Crippen LogP contribution in [0.5, 0.6) is 0 Å². The number of rotatable bonds is 4. The Kier molecular flexibility index (Phi) is 2.93. The molecule has 4 heteroatoms. The van der Waals surface area contributed by atoms with E-state index in [9.17, 15) is 4.79 Å². The molecule has 108 valence electrons. The molecule has 0 spiro atoms. The van der Waals surface area contributed by atoms with Crippen molar-refractivity contribution in [3.05, 3.63) is 21.9 Å². The number of amides is 1. The van der Waals surface area contributed by atoms with Crippen LogP contribution in [-0.4, -0.2) is 11.4 Å². The molecular formula is C16H22N2OS. The van der Waals surface area contributed by atoms with Gasteiger partial charge in [0, 0.05) is 22.3 Å². The molecule has 0 unspecified atom stereocenters. The number of carbonyl (C=O) groups is 1. The molecule has 4 fully saturated rings. The van der Waals surface area contributed by atoms with Gasteiger partial charge in [-0.2, -0.15) is 0 Å². The number of carbonyl (C=O) groups excluding carboxylic acids is 1. The maximum atomic E-state index is 11.1. The minimum absolute atomic E-state index is 0.317. The van der Waals surface area contributed by atoms with Gasteiger partial charge in [0.2, 0.25) is 5.91 Å². The third-order valence-corrected chi connectivity index (χ3v) is 6.55. The van der Waals surface area contributed by atoms with Crippen LogP contribution in [0.3, 0.4) is 0 Å². The molecule has 1 amide bonds. The van der Waals surface area contributed by atoms with Crippen molar-refractivity contribution in [1.29, 1.82) is 0 Å². The smallest absolute Gasteiger partial charge is 0.249 e. The minimum Gasteiger partial charge on any atom is -0.366 e. The van der Waals surface area contributed by atoms with Crippen LogP contribution >= 0.6 is 11.3 Å². The van der Waals surface area contributed by atoms with Crippen molar-refractivity contribution in [1.82, 2.24) is 5.32 Å². The maximum absolute atomic E-state index is 11.1. The zero-order chi connectivity index (χ0) is 13.7. The summed E-state index contributed by atoms with van der Waals surface area (Å²) in [6.45, 7) is 0.893. The minimum atomic E-state index is -0.317. The zero-order valence-electron chi connectivity index (χ0n) is 11.7. The second kappa shape index (κ2) is 4.57. The Balaban J connectivity index is 1.45. The first kappa shape index (κ1) is 12.8. The van der Waals surface area contributed by atoms with Crippen LogP contribution in [0.4, 0.5) is 0 Å². The number of primary amides is 1. The average Bonchev–Trinajstić information content (AvgIpc) is 2.84. The molecule has 4 aliphatic rings. The Labute approximate surface area is 123 Å². The monoisotopic (exact) mass is 290 g/mol. The SMILES string of the molecule is NC(=O)c1csc(CNC23CC4CC(CC(C4)C2)C3)c1. The number of thiophene rings is 1. The molecule has 1 heterocycles. The van der Waals surface area contributed by atoms with E-state index in [0.29, 0.717) is 11.1 Å². The summed E-state index contributed by atoms with van der Waals surface area (Å²) in [5, 5.41) is 5.73. The average molecular weight is 290 g/mol. The lowest BCUT2D eigenvalue weighted by Crippen LogP contribution is -2.58. The highest BCUT2D eigenvalue weighted by molar-refractivity contribution is 7.10. The molecule has 1 aromatic heterocycles. The molecule has 0 saturated heterocycles. The van der Waals surface area contributed by atoms with E-state index in [0.717, 1.165) is 24.3 Å². The van der Waals surface area contributed by atoms with Crippen molar-refractivity contribution in [2.24, 2.45) is 23.5 Å². The first-order chi connectivity index (χ1) is 9.62. The number of hydrogen-bond acceptors (Lipinski definition) is 3. The van der Waals surface area contributed by atoms with E-state index in [1.54, 1.807) is 11.3 Å². The van der Waals surface area contributed by atoms with E-state index < -0.39 is 0 Å². The molecule has 5 rings (SSSR count). The second-order valence-electron chi connectivity index (χ2n) is 7.22. The predicted octanol–water partition coefficient (Wildman–Crippen LogP) is 2.91. The Bertz CT molecular complexity index is 501. The molecule has 3 N–H and O–H groups in total. The lowest BCUT2D eigenvalue weighted by molar-refractivity contribution is -0.0204. The van der Waals surface area contributed by atoms with Crippen molar-refractivity contribution in [2.45, 2.75) is 50.6 Å². The van der Waals surface area contributed by atoms with E-state index >= 15 is 0 Å². The molecule has 0 aromatic carbocycles. The van der Waals surface area contributed by atoms with Gasteiger partial charge in [0.15, 0.2) is 0 Å². The molecule has 20 heavy (non-hydrogen) atoms. The lowest BCUT2D eigenvalue weighted by atomic mass is 9.53. The molecule has 4 aliphatic carbocycles. The predicted molar refractivity (Wildman–Crippen MR) is 80.6 cm³/mol. The maximum Gasteiger partial charge on any atom is 0.249 e. The first-order valence-electron chi connectivity index (χ1n) is 7.74. The Hall–Kier alpha value is -0.870. The van der Waals surface area contributed by atoms with E-state index in [1.807, 2.05) is 11.4 Å². The largest absolute Gasteiger partial charge is 0.366 e. The molecule has 0 aliphatic heterocycles. The fraction of sp³-hybridized carbons (Fsp3) is 0.688. The molecule has 4 bridgehead atoms. The highest BCUT2D eigenvalue weighted by atomic mass is 32.1. The Morgan fingerprint density at radius 3 is 2.35 bits per heavy atom. The standard InChI is InChI=1S/C16H22N2OS/c17-15(19)13-4-14(20-9-13)8-18-16-5-10-1-11(6-16)3-12(2-10)7-16/h4,9-12,18H,1-3,5-8H2,(H2,17,19). The van der Waals surface area contributed by atoms with Crippen LogP contribution in [-0.2, 0) is 6.54 Å². The third-order valence-electron chi connectivity index (χ3n) is 5.61. The van der Waals surface area contributed by atoms with Crippen LogP contribution < -0.4 is 11.1 Å². The van der Waals surface area contributed by atoms with Gasteiger partial charge in [0.1, 0.15) is 0 Å². The number of nitrogens with two attached hydrogens (primary N) is 1. The summed E-state index contributed by atoms with van der Waals surface area (Å²) in [7, 11) is 0. The van der Waals surface area contributed by atoms with E-state index in [1.165, 1.54) is 43.4 Å². The molecule has 4 saturated carbocycles. The van der Waals surface area contributed by atoms with E-state index in [-0.39, 0.29) is 5.91 Å². The Morgan fingerprint density at radius 1 is 1.25 bits per heavy atom. The molecule has 1 aromatic rings. The van der Waals surface area contributed by atoms with Crippen LogP contribution in [0.1, 0.15) is 53.8 Å². The third kappa shape index (κ3) is 2.19. The lowest BCUT2D eigenvalue weighted by Gasteiger charge is -2.57. The fourth-order valence-electron chi connectivity index (χ4n) is 5.20. The molecular weight excluding hydrogens is 268 g/mol. The summed E-state index contributed by atoms with van der Waals surface area (Å²) >= 11 is 1.64. The molecule has 0 atom stereocenters. The van der Waals surface area contributed by atoms with Gasteiger partial charge in [-0.25, -0.2) is 0 Å². The molecule has 0 radical (unpaired) electrons. The molecule has 3 nitrogen and oxygen atoms in total. The highest BCUT2D eigenvalue weighted by Gasteiger charge is 2.50. The van der Waals surface area contributed by atoms with E-state index in [2.05, 4.69) is 5.32 Å². The first-order valence-corrected chi connectivity index (χ1v) is 8.62. The highest BCUT2D eigenvalue weighted by Crippen LogP contribution is 2.55. The Morgan fingerprint density at radius 2 is 1.85 bits per heavy atom. The van der Waals surface area contributed by atoms with Crippen LogP contribution in [0.2, 0.25) is 0 Å². The van der Waals surface area contributed by atoms with Gasteiger partial charge in [-0.15, -0.1) is 11.3 Å². The number of nitrogens with one attached hydrogen (secondary N) is 1. The van der Waals surface area contributed by atoms with Gasteiger partial charge in [0.05, 0.1) is 5.56 Å². The van der Waals surface area contributed by atoms with Crippen molar-refractivity contribution in [2.75, 3.05) is 0 Å². The van der Waals surface area contributed by atoms with Gasteiger partial charge in [-0.3, -0.25) is 4.79 Å². The summed E-state index contributed by atoms with van der Waals surface area (Å²) in [4.78, 5) is 12.4. The number of hydrogen-bond donors (Lipinski definition) is 2. The zero-order valence-corrected chi connectivity index (χ0v) is 12.5. The quantitative estimate of drug-likeness (QED) is 0.896. The van der Waals surface area contributed by atoms with Crippen molar-refractivity contribution in [3.8, 4) is 0 Å². The fourth-order valence-corrected chi connectivity index (χ4v) is 6.02. The normalized spacial score (nSPS) is 38.3. The van der Waals surface area contributed by atoms with E-state index in [4.69, 9.17) is 5.73 Å². The summed E-state index contributed by atoms with van der Waals surface area (Å²) in [6.07, 6.45) is 8.54. The summed E-state index contributed by atoms with van der Waals surface area (Å²) in [5.41, 5.74) is 6.36. The van der Waals surface area contributed by atoms with Crippen LogP contribution in [0, 0.1) is 17.8 Å². The van der Waals surface area contributed by atoms with Gasteiger partial charge in [-0.05, 0) is 62.3 Å². The summed E-state index contributed by atoms with van der Waals surface area (Å²) < 4.78 is 0. The van der Waals surface area contributed by atoms with Gasteiger partial charge in [0.25, 0.3) is 0 Å². The summed E-state index contributed by atoms with van der Waals surface area (Å²) in [6, 6.07) is 1.94.